The van der Waals surface area contributed by atoms with Crippen molar-refractivity contribution >= 4 is 11.8 Å². The third-order valence-corrected chi connectivity index (χ3v) is 4.71. The van der Waals surface area contributed by atoms with Crippen LogP contribution in [0, 0.1) is 0 Å². The number of methoxy groups -OCH3 is 1. The molecule has 0 bridgehead atoms. The van der Waals surface area contributed by atoms with Crippen molar-refractivity contribution in [3.8, 4) is 5.75 Å². The lowest BCUT2D eigenvalue weighted by molar-refractivity contribution is -0.139. The molecule has 5 nitrogen and oxygen atoms in total. The van der Waals surface area contributed by atoms with Crippen LogP contribution >= 0.6 is 0 Å². The zero-order chi connectivity index (χ0) is 18.6. The summed E-state index contributed by atoms with van der Waals surface area (Å²) in [5.41, 5.74) is 2.07. The van der Waals surface area contributed by atoms with E-state index in [0.717, 1.165) is 16.9 Å². The van der Waals surface area contributed by atoms with Crippen LogP contribution in [0.3, 0.4) is 0 Å². The van der Waals surface area contributed by atoms with Crippen LogP contribution in [0.2, 0.25) is 0 Å². The summed E-state index contributed by atoms with van der Waals surface area (Å²) < 4.78 is 5.46. The monoisotopic (exact) mass is 346 g/mol. The third kappa shape index (κ3) is 4.74. The number of hydrogen-bond donors (Lipinski definition) is 0. The summed E-state index contributed by atoms with van der Waals surface area (Å²) in [5, 5.41) is 0. The summed E-state index contributed by atoms with van der Waals surface area (Å²) >= 11 is 0. The molecule has 1 saturated heterocycles. The molecule has 0 spiro atoms. The molecule has 1 aromatic rings. The normalized spacial score (nSPS) is 15.2. The average Bonchev–Trinajstić information content (AvgIpc) is 2.60. The first-order chi connectivity index (χ1) is 11.8. The molecular weight excluding hydrogens is 316 g/mol. The van der Waals surface area contributed by atoms with Crippen LogP contribution < -0.4 is 4.74 Å². The van der Waals surface area contributed by atoms with E-state index in [-0.39, 0.29) is 17.2 Å². The molecule has 2 rings (SSSR count). The number of ether oxygens (including phenoxy) is 1. The van der Waals surface area contributed by atoms with Crippen LogP contribution in [-0.2, 0) is 21.4 Å². The number of hydrogen-bond acceptors (Lipinski definition) is 3. The van der Waals surface area contributed by atoms with Gasteiger partial charge in [0.2, 0.25) is 11.8 Å². The van der Waals surface area contributed by atoms with Crippen molar-refractivity contribution in [1.29, 1.82) is 0 Å². The van der Waals surface area contributed by atoms with Crippen molar-refractivity contribution in [1.82, 2.24) is 9.80 Å². The zero-order valence-corrected chi connectivity index (χ0v) is 16.1. The highest BCUT2D eigenvalue weighted by Gasteiger charge is 2.24. The largest absolute Gasteiger partial charge is 0.496 e. The maximum Gasteiger partial charge on any atom is 0.227 e. The number of rotatable bonds is 4. The minimum absolute atomic E-state index is 0.0451. The van der Waals surface area contributed by atoms with Gasteiger partial charge in [-0.2, -0.15) is 0 Å². The summed E-state index contributed by atoms with van der Waals surface area (Å²) in [4.78, 5) is 28.1. The molecule has 1 aromatic carbocycles. The second-order valence-electron chi connectivity index (χ2n) is 7.58. The van der Waals surface area contributed by atoms with E-state index in [2.05, 4.69) is 26.8 Å². The van der Waals surface area contributed by atoms with E-state index in [1.807, 2.05) is 28.9 Å². The van der Waals surface area contributed by atoms with Crippen molar-refractivity contribution in [3.63, 3.8) is 0 Å². The van der Waals surface area contributed by atoms with Gasteiger partial charge in [0.15, 0.2) is 0 Å². The molecule has 25 heavy (non-hydrogen) atoms. The maximum absolute atomic E-state index is 12.6. The Morgan fingerprint density at radius 3 is 2.08 bits per heavy atom. The van der Waals surface area contributed by atoms with E-state index in [1.165, 1.54) is 0 Å². The Bertz CT molecular complexity index is 626. The van der Waals surface area contributed by atoms with Crippen molar-refractivity contribution in [3.05, 3.63) is 29.3 Å². The number of amides is 2. The highest BCUT2D eigenvalue weighted by molar-refractivity contribution is 5.80. The number of carbonyl (C=O) groups is 2. The Morgan fingerprint density at radius 2 is 1.60 bits per heavy atom. The molecule has 0 N–H and O–H groups in total. The lowest BCUT2D eigenvalue weighted by atomic mass is 9.85. The topological polar surface area (TPSA) is 49.9 Å². The molecule has 1 aliphatic heterocycles. The number of carbonyl (C=O) groups excluding carboxylic acids is 2. The van der Waals surface area contributed by atoms with Crippen LogP contribution in [0.25, 0.3) is 0 Å². The van der Waals surface area contributed by atoms with Crippen LogP contribution in [0.1, 0.15) is 45.2 Å². The highest BCUT2D eigenvalue weighted by Crippen LogP contribution is 2.32. The van der Waals surface area contributed by atoms with E-state index in [9.17, 15) is 9.59 Å². The molecule has 0 aliphatic carbocycles. The molecule has 1 heterocycles. The second kappa shape index (κ2) is 7.89. The molecule has 0 aromatic heterocycles. The van der Waals surface area contributed by atoms with Gasteiger partial charge in [0.05, 0.1) is 13.5 Å². The summed E-state index contributed by atoms with van der Waals surface area (Å²) in [7, 11) is 1.67. The van der Waals surface area contributed by atoms with E-state index < -0.39 is 0 Å². The Hall–Kier alpha value is -2.04. The number of piperazine rings is 1. The second-order valence-corrected chi connectivity index (χ2v) is 7.58. The average molecular weight is 346 g/mol. The number of benzene rings is 1. The van der Waals surface area contributed by atoms with Gasteiger partial charge in [0, 0.05) is 32.6 Å². The van der Waals surface area contributed by atoms with Gasteiger partial charge in [-0.3, -0.25) is 9.59 Å². The minimum Gasteiger partial charge on any atom is -0.496 e. The van der Waals surface area contributed by atoms with Gasteiger partial charge in [-0.1, -0.05) is 39.8 Å². The number of nitrogens with zero attached hydrogens (tertiary/aromatic N) is 2. The predicted molar refractivity (Wildman–Crippen MR) is 98.8 cm³/mol. The minimum atomic E-state index is -0.0451. The maximum atomic E-state index is 12.6. The first-order valence-corrected chi connectivity index (χ1v) is 8.99. The highest BCUT2D eigenvalue weighted by atomic mass is 16.5. The summed E-state index contributed by atoms with van der Waals surface area (Å²) in [6.07, 6.45) is 0.907. The van der Waals surface area contributed by atoms with Gasteiger partial charge in [0.25, 0.3) is 0 Å². The molecule has 0 atom stereocenters. The van der Waals surface area contributed by atoms with Crippen LogP contribution in [0.15, 0.2) is 18.2 Å². The molecule has 0 unspecified atom stereocenters. The fourth-order valence-electron chi connectivity index (χ4n) is 3.17. The van der Waals surface area contributed by atoms with E-state index in [4.69, 9.17) is 4.74 Å². The smallest absolute Gasteiger partial charge is 0.227 e. The molecule has 1 fully saturated rings. The van der Waals surface area contributed by atoms with Gasteiger partial charge < -0.3 is 14.5 Å². The zero-order valence-electron chi connectivity index (χ0n) is 16.1. The Balaban J connectivity index is 2.03. The molecule has 138 valence electrons. The van der Waals surface area contributed by atoms with Crippen molar-refractivity contribution < 1.29 is 14.3 Å². The lowest BCUT2D eigenvalue weighted by Gasteiger charge is -2.34. The SMILES string of the molecule is CCC(=O)N1CCN(C(=O)Cc2ccc(OC)c(C(C)(C)C)c2)CC1. The first-order valence-electron chi connectivity index (χ1n) is 8.99. The Kier molecular flexibility index (Phi) is 6.09. The summed E-state index contributed by atoms with van der Waals surface area (Å²) in [5.74, 6) is 1.14. The first kappa shape index (κ1) is 19.3. The van der Waals surface area contributed by atoms with E-state index >= 15 is 0 Å². The van der Waals surface area contributed by atoms with Gasteiger partial charge >= 0.3 is 0 Å². The molecule has 5 heteroatoms. The molecule has 1 aliphatic rings. The van der Waals surface area contributed by atoms with Crippen LogP contribution in [0.4, 0.5) is 0 Å². The fourth-order valence-corrected chi connectivity index (χ4v) is 3.17. The van der Waals surface area contributed by atoms with Crippen LogP contribution in [0.5, 0.6) is 5.75 Å². The predicted octanol–water partition coefficient (Wildman–Crippen LogP) is 2.62. The molecular formula is C20H30N2O3. The molecule has 2 amide bonds. The summed E-state index contributed by atoms with van der Waals surface area (Å²) in [6.45, 7) is 10.8. The summed E-state index contributed by atoms with van der Waals surface area (Å²) in [6, 6.07) is 5.98. The van der Waals surface area contributed by atoms with E-state index in [0.29, 0.717) is 39.0 Å². The van der Waals surface area contributed by atoms with Gasteiger partial charge in [-0.25, -0.2) is 0 Å². The van der Waals surface area contributed by atoms with Crippen LogP contribution in [-0.4, -0.2) is 54.9 Å². The van der Waals surface area contributed by atoms with Crippen molar-refractivity contribution in [2.24, 2.45) is 0 Å². The lowest BCUT2D eigenvalue weighted by Crippen LogP contribution is -2.50. The quantitative estimate of drug-likeness (QED) is 0.842. The van der Waals surface area contributed by atoms with Gasteiger partial charge in [0.1, 0.15) is 5.75 Å². The standard InChI is InChI=1S/C20H30N2O3/c1-6-18(23)21-9-11-22(12-10-21)19(24)14-15-7-8-17(25-5)16(13-15)20(2,3)4/h7-8,13H,6,9-12,14H2,1-5H3. The van der Waals surface area contributed by atoms with E-state index in [1.54, 1.807) is 7.11 Å². The van der Waals surface area contributed by atoms with Gasteiger partial charge in [-0.15, -0.1) is 0 Å². The Labute approximate surface area is 150 Å². The van der Waals surface area contributed by atoms with Crippen molar-refractivity contribution in [2.75, 3.05) is 33.3 Å². The third-order valence-electron chi connectivity index (χ3n) is 4.71. The Morgan fingerprint density at radius 1 is 1.04 bits per heavy atom. The van der Waals surface area contributed by atoms with Crippen molar-refractivity contribution in [2.45, 2.75) is 46.0 Å². The van der Waals surface area contributed by atoms with Gasteiger partial charge in [-0.05, 0) is 22.6 Å². The fraction of sp³-hybridized carbons (Fsp3) is 0.600. The molecule has 0 saturated carbocycles. The molecule has 0 radical (unpaired) electrons.